The number of alkyl halides is 1. The van der Waals surface area contributed by atoms with Gasteiger partial charge in [-0.25, -0.2) is 24.7 Å². The number of benzene rings is 8. The topological polar surface area (TPSA) is 297 Å². The van der Waals surface area contributed by atoms with Crippen molar-refractivity contribution in [3.8, 4) is 0 Å². The van der Waals surface area contributed by atoms with Gasteiger partial charge in [-0.1, -0.05) is 144 Å². The van der Waals surface area contributed by atoms with Gasteiger partial charge >= 0.3 is 5.97 Å². The normalized spacial score (nSPS) is 13.9. The number of nitrogens with zero attached hydrogens (tertiary/aromatic N) is 7. The number of carbonyl (C=O) groups is 1. The number of fused-ring (bicyclic) bond motifs is 4. The lowest BCUT2D eigenvalue weighted by molar-refractivity contribution is -0.140. The summed E-state index contributed by atoms with van der Waals surface area (Å²) in [4.78, 5) is 36.7. The van der Waals surface area contributed by atoms with Crippen molar-refractivity contribution in [1.82, 2.24) is 49.3 Å². The lowest BCUT2D eigenvalue weighted by Gasteiger charge is -2.36. The molecule has 26 heteroatoms. The van der Waals surface area contributed by atoms with E-state index in [1.807, 2.05) is 80.6 Å². The molecule has 12 aromatic rings. The largest absolute Gasteiger partial charge is 0.480 e. The van der Waals surface area contributed by atoms with Gasteiger partial charge in [0.2, 0.25) is 0 Å². The van der Waals surface area contributed by atoms with E-state index in [1.54, 1.807) is 0 Å². The smallest absolute Gasteiger partial charge is 0.329 e. The first-order chi connectivity index (χ1) is 56.0. The maximum absolute atomic E-state index is 9.68. The van der Waals surface area contributed by atoms with Crippen molar-refractivity contribution in [1.29, 1.82) is 0 Å². The molecule has 2 atom stereocenters. The van der Waals surface area contributed by atoms with Gasteiger partial charge in [0, 0.05) is 45.6 Å². The molecule has 0 aliphatic carbocycles. The van der Waals surface area contributed by atoms with Crippen LogP contribution in [-0.2, 0) is 58.4 Å². The van der Waals surface area contributed by atoms with Gasteiger partial charge in [0.15, 0.2) is 16.6 Å². The van der Waals surface area contributed by atoms with E-state index in [0.717, 1.165) is 128 Å². The molecule has 0 unspecified atom stereocenters. The summed E-state index contributed by atoms with van der Waals surface area (Å²) in [5.41, 5.74) is 37.1. The summed E-state index contributed by atoms with van der Waals surface area (Å²) in [6, 6.07) is 45.5. The zero-order chi connectivity index (χ0) is 88.0. The van der Waals surface area contributed by atoms with E-state index in [4.69, 9.17) is 90.3 Å². The van der Waals surface area contributed by atoms with Gasteiger partial charge in [0.25, 0.3) is 0 Å². The molecule has 14 rings (SSSR count). The third-order valence-corrected chi connectivity index (χ3v) is 33.3. The van der Waals surface area contributed by atoms with E-state index >= 15 is 0 Å². The van der Waals surface area contributed by atoms with Gasteiger partial charge in [-0.15, -0.1) is 0 Å². The van der Waals surface area contributed by atoms with Crippen LogP contribution in [0.3, 0.4) is 0 Å². The van der Waals surface area contributed by atoms with E-state index in [2.05, 4.69) is 245 Å². The minimum absolute atomic E-state index is 0. The van der Waals surface area contributed by atoms with Crippen molar-refractivity contribution in [2.24, 2.45) is 0 Å². The first-order valence-electron chi connectivity index (χ1n) is 40.6. The lowest BCUT2D eigenvalue weighted by Crippen LogP contribution is -2.40. The Morgan fingerprint density at radius 1 is 0.496 bits per heavy atom. The summed E-state index contributed by atoms with van der Waals surface area (Å²) in [6.45, 7) is 48.9. The van der Waals surface area contributed by atoms with Crippen LogP contribution in [0.25, 0.3) is 44.1 Å². The predicted molar refractivity (Wildman–Crippen MR) is 516 cm³/mol. The van der Waals surface area contributed by atoms with Gasteiger partial charge in [-0.05, 0) is 314 Å². The SMILES string of the molecule is C.C.Cc1cc(N)c(N)cc1C.Cc1cc2nc(CN3CCC[C@H]3CO)n(Cc3ccc(Cl)cc3)c2cc1C.Cc1cc2nc(CO)[nH]c2cc1C.Cc1cc2nc(CO[Si](C)(C)C(C)(C)C)[nH]c2cc1C.Cc1cc2nc(CO[Si](C)(C)C(C)(C)C)n(Cc3ccc(Cl)cc3)c2cc1C.Clc1ccc(CBr)cc1.O=C(O)CO.OC[C@@H]1CCCN1. The molecule has 0 amide bonds. The highest BCUT2D eigenvalue weighted by Crippen LogP contribution is 2.39. The van der Waals surface area contributed by atoms with Crippen molar-refractivity contribution in [2.75, 3.05) is 44.4 Å². The van der Waals surface area contributed by atoms with Crippen LogP contribution in [0.4, 0.5) is 11.4 Å². The minimum Gasteiger partial charge on any atom is -0.480 e. The average molecular weight is 1820 g/mol. The van der Waals surface area contributed by atoms with Crippen molar-refractivity contribution in [2.45, 2.75) is 244 Å². The Bertz CT molecular complexity index is 5140. The van der Waals surface area contributed by atoms with Gasteiger partial charge < -0.3 is 70.3 Å². The number of aliphatic hydroxyl groups excluding tert-OH is 4. The molecular formula is C95H136BrCl3N12O8Si2. The summed E-state index contributed by atoms with van der Waals surface area (Å²) in [5.74, 6) is 2.41. The van der Waals surface area contributed by atoms with E-state index in [1.165, 1.54) is 84.3 Å². The first-order valence-corrected chi connectivity index (χ1v) is 48.7. The molecule has 12 N–H and O–H groups in total. The van der Waals surface area contributed by atoms with Crippen molar-refractivity contribution in [3.05, 3.63) is 244 Å². The van der Waals surface area contributed by atoms with Gasteiger partial charge in [-0.3, -0.25) is 4.90 Å². The third-order valence-electron chi connectivity index (χ3n) is 22.9. The van der Waals surface area contributed by atoms with E-state index < -0.39 is 29.2 Å². The third kappa shape index (κ3) is 30.5. The number of rotatable bonds is 17. The Morgan fingerprint density at radius 2 is 0.868 bits per heavy atom. The van der Waals surface area contributed by atoms with Crippen molar-refractivity contribution in [3.63, 3.8) is 0 Å². The highest BCUT2D eigenvalue weighted by molar-refractivity contribution is 9.08. The predicted octanol–water partition coefficient (Wildman–Crippen LogP) is 22.3. The Morgan fingerprint density at radius 3 is 1.25 bits per heavy atom. The van der Waals surface area contributed by atoms with Crippen LogP contribution in [0, 0.1) is 69.2 Å². The molecule has 0 spiro atoms. The molecule has 8 aromatic carbocycles. The number of H-pyrrole nitrogens is 2. The van der Waals surface area contributed by atoms with E-state index in [0.29, 0.717) is 43.1 Å². The van der Waals surface area contributed by atoms with Crippen LogP contribution >= 0.6 is 50.7 Å². The molecule has 2 saturated heterocycles. The Labute approximate surface area is 745 Å². The fraction of sp³-hybridized carbons (Fsp3) is 0.442. The minimum atomic E-state index is -1.85. The number of aromatic nitrogens is 8. The second-order valence-electron chi connectivity index (χ2n) is 34.2. The summed E-state index contributed by atoms with van der Waals surface area (Å²) in [7, 11) is -3.57. The molecule has 0 saturated carbocycles. The number of aliphatic hydroxyl groups is 4. The van der Waals surface area contributed by atoms with Crippen LogP contribution < -0.4 is 16.8 Å². The number of nitrogens with two attached hydrogens (primary N) is 2. The molecule has 2 aliphatic heterocycles. The molecule has 20 nitrogen and oxygen atoms in total. The molecule has 6 heterocycles. The zero-order valence-corrected chi connectivity index (χ0v) is 79.3. The number of aromatic amines is 2. The monoisotopic (exact) mass is 1810 g/mol. The fourth-order valence-corrected chi connectivity index (χ4v) is 15.1. The molecule has 2 fully saturated rings. The number of aliphatic carboxylic acids is 1. The standard InChI is InChI=1S/C23H31ClN2OSi.C22H26ClN3O.C16H26N2OSi.C10H12N2O.C8H12N2.C7H6BrCl.C5H11NO.C2H4O3.2CH4/c1-16-12-20-21(13-17(16)2)26(14-18-8-10-19(24)11-9-18)22(25-20)15-27-28(6,7)23(3,4)5;1-15-10-20-21(11-16(15)2)26(12-17-5-7-18(23)8-6-17)22(24-20)13-25-9-3-4-19(25)14-27;1-11-8-13-14(9-12(11)2)18-15(17-13)10-19-20(6,7)16(3,4)5;1-6-3-8-9(4-7(6)2)12-10(5-13)11-8;1-5-3-7(9)8(10)4-6(5)2;8-5-6-1-3-7(9)4-2-6;7-4-5-2-1-3-6-5;3-1-2(4)5;;/h8-13H,14-15H2,1-7H3;5-8,10-11,19,27H,3-4,9,12-14H2,1-2H3;8-9H,10H2,1-7H3,(H,17,18);3-4,13H,5H2,1-2H3,(H,11,12);3-4H,9-10H2,1-2H3;1-4H,5H2;5-7H,1-4H2;3H,1H2,(H,4,5);2*1H4/t;19-;;;;;5-;;;/m.0....0.../s1. The van der Waals surface area contributed by atoms with E-state index in [9.17, 15) is 5.11 Å². The molecule has 121 heavy (non-hydrogen) atoms. The number of aryl methyl sites for hydroxylation is 10. The summed E-state index contributed by atoms with van der Waals surface area (Å²) in [6.07, 6.45) is 4.58. The van der Waals surface area contributed by atoms with Crippen molar-refractivity contribution >= 4 is 129 Å². The quantitative estimate of drug-likeness (QED) is 0.0230. The fourth-order valence-electron chi connectivity index (χ4n) is 12.5. The second-order valence-corrected chi connectivity index (χ2v) is 45.7. The number of anilines is 2. The Kier molecular flexibility index (Phi) is 40.6. The number of carboxylic acids is 1. The molecule has 4 aromatic heterocycles. The Hall–Kier alpha value is -7.83. The highest BCUT2D eigenvalue weighted by atomic mass is 79.9. The molecular weight excluding hydrogens is 1680 g/mol. The Balaban J connectivity index is 0.000000260. The number of imidazole rings is 4. The van der Waals surface area contributed by atoms with Gasteiger partial charge in [-0.2, -0.15) is 0 Å². The second kappa shape index (κ2) is 47.3. The number of hydrogen-bond acceptors (Lipinski definition) is 15. The van der Waals surface area contributed by atoms with Crippen LogP contribution in [0.5, 0.6) is 0 Å². The number of nitrogens with one attached hydrogen (secondary N) is 3. The molecule has 660 valence electrons. The molecule has 2 aliphatic rings. The van der Waals surface area contributed by atoms with Crippen LogP contribution in [0.15, 0.2) is 133 Å². The first kappa shape index (κ1) is 104. The number of nitrogen functional groups attached to an aromatic ring is 2. The molecule has 0 radical (unpaired) electrons. The highest BCUT2D eigenvalue weighted by Gasteiger charge is 2.39. The maximum Gasteiger partial charge on any atom is 0.329 e. The van der Waals surface area contributed by atoms with E-state index in [-0.39, 0.29) is 44.2 Å². The maximum atomic E-state index is 9.68. The zero-order valence-electron chi connectivity index (χ0n) is 73.4. The molecule has 0 bridgehead atoms. The summed E-state index contributed by atoms with van der Waals surface area (Å²) < 4.78 is 17.3. The summed E-state index contributed by atoms with van der Waals surface area (Å²) >= 11 is 21.1. The number of halogens is 4. The average Bonchev–Trinajstić information content (AvgIpc) is 1.64. The number of hydrogen-bond donors (Lipinski definition) is 10. The van der Waals surface area contributed by atoms with Crippen molar-refractivity contribution < 1.29 is 39.2 Å². The van der Waals surface area contributed by atoms with Crippen LogP contribution in [0.2, 0.25) is 51.3 Å². The van der Waals surface area contributed by atoms with Gasteiger partial charge in [0.05, 0.1) is 88.5 Å². The lowest BCUT2D eigenvalue weighted by atomic mass is 10.1. The van der Waals surface area contributed by atoms with Crippen LogP contribution in [-0.4, -0.2) is 137 Å². The van der Waals surface area contributed by atoms with Gasteiger partial charge in [0.1, 0.15) is 36.5 Å². The number of carboxylic acid groups (broad SMARTS) is 1. The summed E-state index contributed by atoms with van der Waals surface area (Å²) in [5, 5.41) is 48.8. The number of likely N-dealkylation sites (tertiary alicyclic amines) is 1. The van der Waals surface area contributed by atoms with Crippen LogP contribution in [0.1, 0.15) is 178 Å².